The van der Waals surface area contributed by atoms with E-state index < -0.39 is 70.0 Å². The monoisotopic (exact) mass is 614 g/mol. The number of aliphatic hydroxyl groups excluding tert-OH is 3. The van der Waals surface area contributed by atoms with E-state index in [1.807, 2.05) is 0 Å². The molecule has 11 nitrogen and oxygen atoms in total. The molecule has 0 radical (unpaired) electrons. The summed E-state index contributed by atoms with van der Waals surface area (Å²) in [6.45, 7) is -7.30. The standard InChI is InChI=1S/C24H36F6O11/c1-34-20-2-4-21(5-3-20)40-13-19(33)12-38-15-23(27,28)41-24(29,30)16-39-17-37-9-8-36-11-18(32)10-35-7-6-22(25,26)14-31/h2-5,18-19,31-33H,6-17H2,1H3. The first-order valence-electron chi connectivity index (χ1n) is 12.2. The Hall–Kier alpha value is -1.96. The van der Waals surface area contributed by atoms with Crippen molar-refractivity contribution in [3.8, 4) is 11.5 Å². The first kappa shape index (κ1) is 37.1. The molecule has 41 heavy (non-hydrogen) atoms. The molecule has 0 aromatic heterocycles. The van der Waals surface area contributed by atoms with Crippen molar-refractivity contribution in [1.82, 2.24) is 0 Å². The highest BCUT2D eigenvalue weighted by molar-refractivity contribution is 5.31. The van der Waals surface area contributed by atoms with Gasteiger partial charge in [-0.2, -0.15) is 17.6 Å². The second kappa shape index (κ2) is 19.3. The maximum atomic E-state index is 13.7. The number of hydrogen-bond acceptors (Lipinski definition) is 11. The summed E-state index contributed by atoms with van der Waals surface area (Å²) in [5, 5.41) is 27.8. The van der Waals surface area contributed by atoms with Crippen LogP contribution in [0.15, 0.2) is 24.3 Å². The van der Waals surface area contributed by atoms with Gasteiger partial charge in [-0.15, -0.1) is 0 Å². The smallest absolute Gasteiger partial charge is 0.383 e. The van der Waals surface area contributed by atoms with Crippen molar-refractivity contribution >= 4 is 0 Å². The van der Waals surface area contributed by atoms with Gasteiger partial charge in [0.2, 0.25) is 0 Å². The van der Waals surface area contributed by atoms with Crippen LogP contribution in [0.2, 0.25) is 0 Å². The van der Waals surface area contributed by atoms with Gasteiger partial charge in [0.15, 0.2) is 0 Å². The Morgan fingerprint density at radius 2 is 1.20 bits per heavy atom. The van der Waals surface area contributed by atoms with Crippen LogP contribution in [0.4, 0.5) is 26.3 Å². The Morgan fingerprint density at radius 3 is 1.80 bits per heavy atom. The molecule has 1 rings (SSSR count). The summed E-state index contributed by atoms with van der Waals surface area (Å²) in [4.78, 5) is 0. The molecule has 0 aliphatic carbocycles. The lowest BCUT2D eigenvalue weighted by molar-refractivity contribution is -0.396. The van der Waals surface area contributed by atoms with Crippen LogP contribution in [-0.2, 0) is 28.4 Å². The molecule has 1 aromatic carbocycles. The minimum Gasteiger partial charge on any atom is -0.497 e. The lowest BCUT2D eigenvalue weighted by Crippen LogP contribution is -2.40. The van der Waals surface area contributed by atoms with Gasteiger partial charge in [0.1, 0.15) is 56.9 Å². The Labute approximate surface area is 232 Å². The van der Waals surface area contributed by atoms with E-state index in [0.29, 0.717) is 11.5 Å². The predicted octanol–water partition coefficient (Wildman–Crippen LogP) is 2.06. The summed E-state index contributed by atoms with van der Waals surface area (Å²) < 4.78 is 118. The molecule has 2 unspecified atom stereocenters. The van der Waals surface area contributed by atoms with Crippen LogP contribution in [0.25, 0.3) is 0 Å². The van der Waals surface area contributed by atoms with E-state index in [0.717, 1.165) is 0 Å². The molecule has 0 spiro atoms. The highest BCUT2D eigenvalue weighted by Crippen LogP contribution is 2.27. The molecule has 0 heterocycles. The molecule has 0 aliphatic rings. The Bertz CT molecular complexity index is 805. The van der Waals surface area contributed by atoms with E-state index >= 15 is 0 Å². The zero-order chi connectivity index (χ0) is 30.8. The molecular weight excluding hydrogens is 578 g/mol. The average molecular weight is 615 g/mol. The maximum absolute atomic E-state index is 13.7. The number of alkyl halides is 6. The van der Waals surface area contributed by atoms with Crippen LogP contribution in [0.1, 0.15) is 6.42 Å². The van der Waals surface area contributed by atoms with Crippen LogP contribution < -0.4 is 9.47 Å². The van der Waals surface area contributed by atoms with Crippen molar-refractivity contribution in [2.45, 2.75) is 36.8 Å². The number of ether oxygens (including phenoxy) is 8. The largest absolute Gasteiger partial charge is 0.497 e. The minimum atomic E-state index is -4.40. The highest BCUT2D eigenvalue weighted by atomic mass is 19.3. The fourth-order valence-corrected chi connectivity index (χ4v) is 2.69. The number of hydrogen-bond donors (Lipinski definition) is 3. The molecule has 0 amide bonds. The topological polar surface area (TPSA) is 135 Å². The van der Waals surface area contributed by atoms with Gasteiger partial charge >= 0.3 is 12.2 Å². The molecule has 3 N–H and O–H groups in total. The van der Waals surface area contributed by atoms with Crippen LogP contribution in [0.3, 0.4) is 0 Å². The van der Waals surface area contributed by atoms with Crippen molar-refractivity contribution in [1.29, 1.82) is 0 Å². The molecule has 0 bridgehead atoms. The van der Waals surface area contributed by atoms with Crippen LogP contribution >= 0.6 is 0 Å². The lowest BCUT2D eigenvalue weighted by Gasteiger charge is -2.24. The summed E-state index contributed by atoms with van der Waals surface area (Å²) in [6, 6.07) is 6.32. The van der Waals surface area contributed by atoms with Crippen molar-refractivity contribution < 1.29 is 79.6 Å². The van der Waals surface area contributed by atoms with Gasteiger partial charge in [0.05, 0.1) is 46.8 Å². The normalized spacial score (nSPS) is 14.2. The highest BCUT2D eigenvalue weighted by Gasteiger charge is 2.44. The summed E-state index contributed by atoms with van der Waals surface area (Å²) in [5.74, 6) is -2.32. The van der Waals surface area contributed by atoms with Gasteiger partial charge in [0, 0.05) is 6.42 Å². The van der Waals surface area contributed by atoms with E-state index in [-0.39, 0.29) is 39.6 Å². The second-order valence-corrected chi connectivity index (χ2v) is 8.47. The van der Waals surface area contributed by atoms with Gasteiger partial charge in [-0.3, -0.25) is 4.74 Å². The van der Waals surface area contributed by atoms with Gasteiger partial charge in [-0.25, -0.2) is 8.78 Å². The van der Waals surface area contributed by atoms with Crippen molar-refractivity contribution in [3.63, 3.8) is 0 Å². The van der Waals surface area contributed by atoms with Crippen LogP contribution in [0, 0.1) is 0 Å². The van der Waals surface area contributed by atoms with Crippen molar-refractivity contribution in [3.05, 3.63) is 24.3 Å². The fourth-order valence-electron chi connectivity index (χ4n) is 2.69. The summed E-state index contributed by atoms with van der Waals surface area (Å²) in [6.07, 6.45) is -12.0. The molecule has 0 saturated carbocycles. The minimum absolute atomic E-state index is 0.109. The van der Waals surface area contributed by atoms with E-state index in [1.165, 1.54) is 7.11 Å². The number of methoxy groups -OCH3 is 1. The van der Waals surface area contributed by atoms with Gasteiger partial charge in [-0.1, -0.05) is 0 Å². The third-order valence-electron chi connectivity index (χ3n) is 4.65. The fraction of sp³-hybridized carbons (Fsp3) is 0.750. The first-order valence-corrected chi connectivity index (χ1v) is 12.2. The zero-order valence-corrected chi connectivity index (χ0v) is 22.3. The molecule has 0 aliphatic heterocycles. The molecule has 1 aromatic rings. The quantitative estimate of drug-likeness (QED) is 0.0849. The summed E-state index contributed by atoms with van der Waals surface area (Å²) in [7, 11) is 1.48. The Kier molecular flexibility index (Phi) is 17.4. The SMILES string of the molecule is COc1ccc(OCC(O)COCC(F)(F)OC(F)(F)COCOCCOCC(O)COCCC(F)(F)CO)cc1. The third-order valence-corrected chi connectivity index (χ3v) is 4.65. The van der Waals surface area contributed by atoms with Gasteiger partial charge in [-0.05, 0) is 24.3 Å². The van der Waals surface area contributed by atoms with E-state index in [2.05, 4.69) is 14.2 Å². The van der Waals surface area contributed by atoms with Gasteiger partial charge < -0.3 is 48.5 Å². The molecule has 0 fully saturated rings. The number of rotatable bonds is 25. The number of halogens is 6. The number of benzene rings is 1. The van der Waals surface area contributed by atoms with E-state index in [4.69, 9.17) is 28.8 Å². The maximum Gasteiger partial charge on any atom is 0.383 e. The zero-order valence-electron chi connectivity index (χ0n) is 22.3. The van der Waals surface area contributed by atoms with E-state index in [9.17, 15) is 36.6 Å². The van der Waals surface area contributed by atoms with Crippen molar-refractivity contribution in [2.24, 2.45) is 0 Å². The van der Waals surface area contributed by atoms with E-state index in [1.54, 1.807) is 24.3 Å². The first-order chi connectivity index (χ1) is 19.3. The average Bonchev–Trinajstić information content (AvgIpc) is 2.91. The second-order valence-electron chi connectivity index (χ2n) is 8.47. The number of aliphatic hydroxyl groups is 3. The molecular formula is C24H36F6O11. The van der Waals surface area contributed by atoms with Crippen LogP contribution in [0.5, 0.6) is 11.5 Å². The van der Waals surface area contributed by atoms with Gasteiger partial charge in [0.25, 0.3) is 5.92 Å². The molecule has 17 heteroatoms. The Morgan fingerprint density at radius 1 is 0.683 bits per heavy atom. The predicted molar refractivity (Wildman–Crippen MR) is 127 cm³/mol. The summed E-state index contributed by atoms with van der Waals surface area (Å²) >= 11 is 0. The molecule has 0 saturated heterocycles. The lowest BCUT2D eigenvalue weighted by atomic mass is 10.3. The molecule has 2 atom stereocenters. The van der Waals surface area contributed by atoms with Crippen molar-refractivity contribution in [2.75, 3.05) is 80.0 Å². The molecule has 240 valence electrons. The Balaban J connectivity index is 2.09. The van der Waals surface area contributed by atoms with Crippen LogP contribution in [-0.4, -0.2) is 126 Å². The third kappa shape index (κ3) is 19.0. The summed E-state index contributed by atoms with van der Waals surface area (Å²) in [5.41, 5.74) is 0.